The summed E-state index contributed by atoms with van der Waals surface area (Å²) in [6.07, 6.45) is 0. The summed E-state index contributed by atoms with van der Waals surface area (Å²) in [4.78, 5) is 4.82. The molecule has 2 heterocycles. The number of nitrogens with zero attached hydrogens (tertiary/aromatic N) is 1. The van der Waals surface area contributed by atoms with Crippen LogP contribution in [0.4, 0.5) is 0 Å². The molecule has 0 N–H and O–H groups in total. The number of hydrogen-bond donors (Lipinski definition) is 0. The third-order valence-electron chi connectivity index (χ3n) is 3.82. The first-order valence-electron chi connectivity index (χ1n) is 6.95. The largest absolute Gasteiger partial charge is 0.454 e. The predicted octanol–water partition coefficient (Wildman–Crippen LogP) is 5.26. The molecule has 0 aliphatic carbocycles. The van der Waals surface area contributed by atoms with Crippen molar-refractivity contribution in [3.05, 3.63) is 54.1 Å². The van der Waals surface area contributed by atoms with Crippen molar-refractivity contribution in [1.82, 2.24) is 4.98 Å². The van der Waals surface area contributed by atoms with Gasteiger partial charge >= 0.3 is 0 Å². The van der Waals surface area contributed by atoms with E-state index in [4.69, 9.17) is 9.40 Å². The summed E-state index contributed by atoms with van der Waals surface area (Å²) in [5, 5.41) is 2.28. The molecule has 0 bridgehead atoms. The summed E-state index contributed by atoms with van der Waals surface area (Å²) in [6, 6.07) is 16.4. The molecule has 0 amide bonds. The second kappa shape index (κ2) is 4.07. The van der Waals surface area contributed by atoms with Crippen molar-refractivity contribution in [3.63, 3.8) is 0 Å². The minimum Gasteiger partial charge on any atom is -0.454 e. The Morgan fingerprint density at radius 2 is 1.60 bits per heavy atom. The first-order chi connectivity index (χ1) is 9.75. The van der Waals surface area contributed by atoms with Crippen LogP contribution in [-0.2, 0) is 0 Å². The lowest BCUT2D eigenvalue weighted by Gasteiger charge is -2.10. The second-order valence-corrected chi connectivity index (χ2v) is 5.47. The van der Waals surface area contributed by atoms with Gasteiger partial charge in [-0.1, -0.05) is 44.2 Å². The zero-order chi connectivity index (χ0) is 13.7. The zero-order valence-electron chi connectivity index (χ0n) is 11.6. The van der Waals surface area contributed by atoms with Crippen LogP contribution in [0.5, 0.6) is 0 Å². The predicted molar refractivity (Wildman–Crippen MR) is 83.1 cm³/mol. The van der Waals surface area contributed by atoms with Crippen molar-refractivity contribution in [3.8, 4) is 0 Å². The van der Waals surface area contributed by atoms with Gasteiger partial charge in [0, 0.05) is 16.3 Å². The number of rotatable bonds is 1. The maximum Gasteiger partial charge on any atom is 0.157 e. The number of pyridine rings is 1. The quantitative estimate of drug-likeness (QED) is 0.467. The highest BCUT2D eigenvalue weighted by Crippen LogP contribution is 2.36. The summed E-state index contributed by atoms with van der Waals surface area (Å²) < 4.78 is 6.09. The lowest BCUT2D eigenvalue weighted by molar-refractivity contribution is 0.657. The molecular weight excluding hydrogens is 246 g/mol. The van der Waals surface area contributed by atoms with E-state index < -0.39 is 0 Å². The van der Waals surface area contributed by atoms with E-state index in [1.54, 1.807) is 0 Å². The third-order valence-corrected chi connectivity index (χ3v) is 3.82. The Hall–Kier alpha value is -2.35. The molecular formula is C18H15NO. The van der Waals surface area contributed by atoms with E-state index in [2.05, 4.69) is 38.1 Å². The fourth-order valence-corrected chi connectivity index (χ4v) is 2.94. The number of para-hydroxylation sites is 2. The molecule has 2 aromatic heterocycles. The number of benzene rings is 2. The Morgan fingerprint density at radius 3 is 2.40 bits per heavy atom. The van der Waals surface area contributed by atoms with E-state index in [0.29, 0.717) is 5.92 Å². The molecule has 2 heteroatoms. The van der Waals surface area contributed by atoms with Crippen LogP contribution >= 0.6 is 0 Å². The van der Waals surface area contributed by atoms with Crippen molar-refractivity contribution < 1.29 is 4.42 Å². The average Bonchev–Trinajstić information content (AvgIpc) is 2.82. The van der Waals surface area contributed by atoms with E-state index >= 15 is 0 Å². The van der Waals surface area contributed by atoms with Gasteiger partial charge in [-0.2, -0.15) is 0 Å². The summed E-state index contributed by atoms with van der Waals surface area (Å²) in [7, 11) is 0. The van der Waals surface area contributed by atoms with Gasteiger partial charge in [0.2, 0.25) is 0 Å². The fourth-order valence-electron chi connectivity index (χ4n) is 2.94. The minimum atomic E-state index is 0.394. The summed E-state index contributed by atoms with van der Waals surface area (Å²) in [6.45, 7) is 4.41. The van der Waals surface area contributed by atoms with Crippen LogP contribution in [0.25, 0.3) is 33.0 Å². The smallest absolute Gasteiger partial charge is 0.157 e. The second-order valence-electron chi connectivity index (χ2n) is 5.47. The van der Waals surface area contributed by atoms with Crippen LogP contribution in [-0.4, -0.2) is 4.98 Å². The van der Waals surface area contributed by atoms with Crippen molar-refractivity contribution in [2.24, 2.45) is 0 Å². The van der Waals surface area contributed by atoms with Crippen LogP contribution < -0.4 is 0 Å². The van der Waals surface area contributed by atoms with Crippen LogP contribution in [0.1, 0.15) is 25.3 Å². The Kier molecular flexibility index (Phi) is 2.34. The first kappa shape index (κ1) is 11.5. The van der Waals surface area contributed by atoms with Gasteiger partial charge in [-0.15, -0.1) is 0 Å². The van der Waals surface area contributed by atoms with Crippen molar-refractivity contribution in [2.45, 2.75) is 19.8 Å². The molecule has 0 aliphatic rings. The molecule has 0 unspecified atom stereocenters. The SMILES string of the molecule is CC(C)c1c2ccccc2nc2c1oc1ccccc12. The Bertz CT molecular complexity index is 934. The summed E-state index contributed by atoms with van der Waals surface area (Å²) in [5.41, 5.74) is 5.10. The molecule has 98 valence electrons. The molecule has 20 heavy (non-hydrogen) atoms. The van der Waals surface area contributed by atoms with Gasteiger partial charge in [-0.25, -0.2) is 4.98 Å². The maximum atomic E-state index is 6.09. The molecule has 2 aromatic carbocycles. The molecule has 0 radical (unpaired) electrons. The molecule has 4 aromatic rings. The van der Waals surface area contributed by atoms with Crippen LogP contribution in [0, 0.1) is 0 Å². The van der Waals surface area contributed by atoms with E-state index in [-0.39, 0.29) is 0 Å². The number of fused-ring (bicyclic) bond motifs is 4. The van der Waals surface area contributed by atoms with E-state index in [1.165, 1.54) is 10.9 Å². The van der Waals surface area contributed by atoms with Gasteiger partial charge in [0.15, 0.2) is 5.58 Å². The van der Waals surface area contributed by atoms with Crippen molar-refractivity contribution in [1.29, 1.82) is 0 Å². The Morgan fingerprint density at radius 1 is 0.900 bits per heavy atom. The van der Waals surface area contributed by atoms with E-state index in [9.17, 15) is 0 Å². The van der Waals surface area contributed by atoms with Crippen LogP contribution in [0.3, 0.4) is 0 Å². The summed E-state index contributed by atoms with van der Waals surface area (Å²) >= 11 is 0. The first-order valence-corrected chi connectivity index (χ1v) is 6.95. The maximum absolute atomic E-state index is 6.09. The molecule has 0 atom stereocenters. The number of hydrogen-bond acceptors (Lipinski definition) is 2. The van der Waals surface area contributed by atoms with Gasteiger partial charge < -0.3 is 4.42 Å². The molecule has 0 saturated heterocycles. The van der Waals surface area contributed by atoms with Crippen molar-refractivity contribution >= 4 is 33.0 Å². The highest BCUT2D eigenvalue weighted by molar-refractivity contribution is 6.08. The highest BCUT2D eigenvalue weighted by Gasteiger charge is 2.17. The monoisotopic (exact) mass is 261 g/mol. The molecule has 0 aliphatic heterocycles. The zero-order valence-corrected chi connectivity index (χ0v) is 11.6. The number of furan rings is 1. The highest BCUT2D eigenvalue weighted by atomic mass is 16.3. The van der Waals surface area contributed by atoms with Crippen LogP contribution in [0.15, 0.2) is 52.9 Å². The molecule has 0 spiro atoms. The van der Waals surface area contributed by atoms with E-state index in [1.807, 2.05) is 24.3 Å². The average molecular weight is 261 g/mol. The topological polar surface area (TPSA) is 26.0 Å². The van der Waals surface area contributed by atoms with E-state index in [0.717, 1.165) is 27.6 Å². The third kappa shape index (κ3) is 1.48. The minimum absolute atomic E-state index is 0.394. The van der Waals surface area contributed by atoms with Gasteiger partial charge in [0.05, 0.1) is 5.52 Å². The van der Waals surface area contributed by atoms with Crippen LogP contribution in [0.2, 0.25) is 0 Å². The molecule has 4 rings (SSSR count). The van der Waals surface area contributed by atoms with Crippen molar-refractivity contribution in [2.75, 3.05) is 0 Å². The Balaban J connectivity index is 2.31. The van der Waals surface area contributed by atoms with Gasteiger partial charge in [0.1, 0.15) is 11.1 Å². The fraction of sp³-hybridized carbons (Fsp3) is 0.167. The van der Waals surface area contributed by atoms with Gasteiger partial charge in [0.25, 0.3) is 0 Å². The lowest BCUT2D eigenvalue weighted by atomic mass is 9.97. The Labute approximate surface area is 117 Å². The van der Waals surface area contributed by atoms with Gasteiger partial charge in [-0.3, -0.25) is 0 Å². The van der Waals surface area contributed by atoms with Gasteiger partial charge in [-0.05, 0) is 24.1 Å². The lowest BCUT2D eigenvalue weighted by Crippen LogP contribution is -1.92. The summed E-state index contributed by atoms with van der Waals surface area (Å²) in [5.74, 6) is 0.394. The molecule has 2 nitrogen and oxygen atoms in total. The number of aromatic nitrogens is 1. The standard InChI is InChI=1S/C18H15NO/c1-11(2)16-12-7-3-5-9-14(12)19-17-13-8-4-6-10-15(13)20-18(16)17/h3-11H,1-2H3. The molecule has 0 fully saturated rings. The molecule has 0 saturated carbocycles. The normalized spacial score (nSPS) is 11.9.